The SMILES string of the molecule is CCC1C(C)[C@H](n2cc(COCCOCCOCCOCC#Cc3cccc4c3CN(C3CCC(=O)NC3=O)C4=O)nn2)c2cc(C(=O)O)ccc2N1C(C)=O. The van der Waals surface area contributed by atoms with Crippen molar-refractivity contribution in [3.05, 3.63) is 76.1 Å². The van der Waals surface area contributed by atoms with Crippen LogP contribution in [0.5, 0.6) is 0 Å². The molecule has 16 heteroatoms. The fourth-order valence-electron chi connectivity index (χ4n) is 7.60. The first kappa shape index (κ1) is 40.2. The molecule has 0 spiro atoms. The molecule has 3 unspecified atom stereocenters. The molecule has 4 atom stereocenters. The standard InChI is InChI=1S/C40H46N6O10/c1-4-33-25(2)37(31-21-28(40(51)52)10-11-34(31)46(33)26(3)47)45-22-29(42-43-45)24-56-20-19-55-18-17-54-16-15-53-14-6-8-27-7-5-9-30-32(27)23-44(39(30)50)35-12-13-36(48)41-38(35)49/h5,7,9-11,21-22,25,33,35,37H,4,12-20,23-24H2,1-3H3,(H,51,52)(H,41,48,49)/t25?,33?,35?,37-/m0/s1. The van der Waals surface area contributed by atoms with Crippen LogP contribution in [0.2, 0.25) is 0 Å². The van der Waals surface area contributed by atoms with Gasteiger partial charge in [-0.2, -0.15) is 0 Å². The first-order chi connectivity index (χ1) is 27.1. The third kappa shape index (κ3) is 8.97. The highest BCUT2D eigenvalue weighted by Gasteiger charge is 2.42. The van der Waals surface area contributed by atoms with Crippen molar-refractivity contribution in [1.29, 1.82) is 0 Å². The van der Waals surface area contributed by atoms with Crippen LogP contribution < -0.4 is 10.2 Å². The van der Waals surface area contributed by atoms with Gasteiger partial charge in [-0.05, 0) is 48.7 Å². The second-order valence-electron chi connectivity index (χ2n) is 13.8. The molecule has 2 aromatic carbocycles. The van der Waals surface area contributed by atoms with Crippen LogP contribution in [0, 0.1) is 17.8 Å². The number of rotatable bonds is 16. The van der Waals surface area contributed by atoms with Crippen molar-refractivity contribution in [3.63, 3.8) is 0 Å². The topological polar surface area (TPSA) is 192 Å². The van der Waals surface area contributed by atoms with Gasteiger partial charge in [0.1, 0.15) is 18.3 Å². The fraction of sp³-hybridized carbons (Fsp3) is 0.475. The predicted octanol–water partition coefficient (Wildman–Crippen LogP) is 2.73. The van der Waals surface area contributed by atoms with E-state index in [0.29, 0.717) is 74.1 Å². The zero-order chi connectivity index (χ0) is 39.8. The van der Waals surface area contributed by atoms with E-state index in [1.807, 2.05) is 19.9 Å². The van der Waals surface area contributed by atoms with Gasteiger partial charge in [0.25, 0.3) is 5.91 Å². The molecule has 0 radical (unpaired) electrons. The summed E-state index contributed by atoms with van der Waals surface area (Å²) in [7, 11) is 0. The Morgan fingerprint density at radius 2 is 1.73 bits per heavy atom. The summed E-state index contributed by atoms with van der Waals surface area (Å²) >= 11 is 0. The van der Waals surface area contributed by atoms with Gasteiger partial charge >= 0.3 is 5.97 Å². The number of carbonyl (C=O) groups is 5. The number of aromatic carboxylic acids is 1. The number of carboxylic acids is 1. The van der Waals surface area contributed by atoms with Gasteiger partial charge in [0.05, 0.1) is 64.1 Å². The normalized spacial score (nSPS) is 20.3. The molecule has 3 aromatic rings. The Morgan fingerprint density at radius 1 is 1.00 bits per heavy atom. The maximum Gasteiger partial charge on any atom is 0.335 e. The molecule has 1 aromatic heterocycles. The van der Waals surface area contributed by atoms with E-state index in [9.17, 15) is 29.1 Å². The van der Waals surface area contributed by atoms with Gasteiger partial charge in [0.2, 0.25) is 17.7 Å². The molecule has 3 aliphatic heterocycles. The van der Waals surface area contributed by atoms with Crippen molar-refractivity contribution in [2.24, 2.45) is 5.92 Å². The van der Waals surface area contributed by atoms with Gasteiger partial charge < -0.3 is 33.9 Å². The molecule has 16 nitrogen and oxygen atoms in total. The Bertz CT molecular complexity index is 2020. The fourth-order valence-corrected chi connectivity index (χ4v) is 7.60. The lowest BCUT2D eigenvalue weighted by Crippen LogP contribution is -2.52. The van der Waals surface area contributed by atoms with E-state index in [0.717, 1.165) is 12.0 Å². The summed E-state index contributed by atoms with van der Waals surface area (Å²) in [6.45, 7) is 8.38. The minimum atomic E-state index is -1.04. The minimum absolute atomic E-state index is 0.0652. The van der Waals surface area contributed by atoms with Crippen LogP contribution in [0.15, 0.2) is 42.6 Å². The van der Waals surface area contributed by atoms with E-state index >= 15 is 0 Å². The maximum absolute atomic E-state index is 13.0. The molecule has 4 heterocycles. The van der Waals surface area contributed by atoms with Crippen LogP contribution in [-0.2, 0) is 46.5 Å². The van der Waals surface area contributed by atoms with Crippen LogP contribution in [0.1, 0.15) is 89.2 Å². The summed E-state index contributed by atoms with van der Waals surface area (Å²) in [5, 5.41) is 20.6. The average molecular weight is 771 g/mol. The number of imide groups is 1. The van der Waals surface area contributed by atoms with Gasteiger partial charge in [-0.1, -0.05) is 37.0 Å². The number of anilines is 1. The summed E-state index contributed by atoms with van der Waals surface area (Å²) < 4.78 is 24.2. The van der Waals surface area contributed by atoms with Crippen molar-refractivity contribution in [2.75, 3.05) is 51.1 Å². The number of hydrogen-bond acceptors (Lipinski definition) is 11. The predicted molar refractivity (Wildman–Crippen MR) is 199 cm³/mol. The van der Waals surface area contributed by atoms with Crippen LogP contribution in [-0.4, -0.2) is 113 Å². The number of hydrogen-bond donors (Lipinski definition) is 2. The molecule has 3 aliphatic rings. The van der Waals surface area contributed by atoms with Gasteiger partial charge in [0, 0.05) is 54.2 Å². The van der Waals surface area contributed by atoms with Crippen molar-refractivity contribution in [1.82, 2.24) is 25.2 Å². The molecule has 2 N–H and O–H groups in total. The van der Waals surface area contributed by atoms with E-state index < -0.39 is 17.9 Å². The Hall–Kier alpha value is -5.47. The first-order valence-corrected chi connectivity index (χ1v) is 18.7. The van der Waals surface area contributed by atoms with Crippen molar-refractivity contribution in [3.8, 4) is 11.8 Å². The smallest absolute Gasteiger partial charge is 0.335 e. The Kier molecular flexibility index (Phi) is 13.2. The number of benzene rings is 2. The molecule has 1 saturated heterocycles. The highest BCUT2D eigenvalue weighted by atomic mass is 16.6. The van der Waals surface area contributed by atoms with Crippen molar-refractivity contribution < 1.29 is 48.0 Å². The summed E-state index contributed by atoms with van der Waals surface area (Å²) in [5.74, 6) is 3.82. The van der Waals surface area contributed by atoms with Crippen LogP contribution >= 0.6 is 0 Å². The number of carboxylic acid groups (broad SMARTS) is 1. The van der Waals surface area contributed by atoms with Crippen LogP contribution in [0.3, 0.4) is 0 Å². The third-order valence-corrected chi connectivity index (χ3v) is 10.2. The highest BCUT2D eigenvalue weighted by molar-refractivity contribution is 6.05. The molecule has 6 rings (SSSR count). The van der Waals surface area contributed by atoms with Crippen molar-refractivity contribution >= 4 is 35.3 Å². The zero-order valence-corrected chi connectivity index (χ0v) is 31.7. The lowest BCUT2D eigenvalue weighted by atomic mass is 9.80. The molecule has 0 bridgehead atoms. The molecular formula is C40H46N6O10. The maximum atomic E-state index is 13.0. The van der Waals surface area contributed by atoms with Gasteiger partial charge in [-0.15, -0.1) is 5.10 Å². The van der Waals surface area contributed by atoms with E-state index in [1.54, 1.807) is 40.0 Å². The number of nitrogens with one attached hydrogen (secondary N) is 1. The Balaban J connectivity index is 0.864. The largest absolute Gasteiger partial charge is 0.478 e. The van der Waals surface area contributed by atoms with Crippen LogP contribution in [0.4, 0.5) is 5.69 Å². The second-order valence-corrected chi connectivity index (χ2v) is 13.8. The Morgan fingerprint density at radius 3 is 2.43 bits per heavy atom. The van der Waals surface area contributed by atoms with Gasteiger partial charge in [0.15, 0.2) is 0 Å². The first-order valence-electron chi connectivity index (χ1n) is 18.7. The zero-order valence-electron chi connectivity index (χ0n) is 31.7. The van der Waals surface area contributed by atoms with E-state index in [4.69, 9.17) is 18.9 Å². The lowest BCUT2D eigenvalue weighted by Gasteiger charge is -2.44. The highest BCUT2D eigenvalue weighted by Crippen LogP contribution is 2.44. The molecule has 56 heavy (non-hydrogen) atoms. The number of ether oxygens (including phenoxy) is 4. The number of nitrogens with zero attached hydrogens (tertiary/aromatic N) is 5. The summed E-state index contributed by atoms with van der Waals surface area (Å²) in [6.07, 6.45) is 3.02. The second kappa shape index (κ2) is 18.4. The summed E-state index contributed by atoms with van der Waals surface area (Å²) in [4.78, 5) is 64.6. The van der Waals surface area contributed by atoms with Crippen molar-refractivity contribution in [2.45, 2.75) is 71.3 Å². The van der Waals surface area contributed by atoms with Crippen LogP contribution in [0.25, 0.3) is 0 Å². The summed E-state index contributed by atoms with van der Waals surface area (Å²) in [6, 6.07) is 9.05. The average Bonchev–Trinajstić information content (AvgIpc) is 3.78. The number of piperidine rings is 1. The number of carbonyl (C=O) groups excluding carboxylic acids is 4. The number of fused-ring (bicyclic) bond motifs is 2. The monoisotopic (exact) mass is 770 g/mol. The van der Waals surface area contributed by atoms with Gasteiger partial charge in [-0.25, -0.2) is 9.48 Å². The molecule has 0 saturated carbocycles. The quantitative estimate of drug-likeness (QED) is 0.123. The molecule has 296 valence electrons. The molecule has 1 fully saturated rings. The lowest BCUT2D eigenvalue weighted by molar-refractivity contribution is -0.137. The number of aromatic nitrogens is 3. The minimum Gasteiger partial charge on any atom is -0.478 e. The van der Waals surface area contributed by atoms with E-state index in [1.165, 1.54) is 17.9 Å². The molecular weight excluding hydrogens is 724 g/mol. The third-order valence-electron chi connectivity index (χ3n) is 10.2. The molecule has 0 aliphatic carbocycles. The van der Waals surface area contributed by atoms with Gasteiger partial charge in [-0.3, -0.25) is 24.5 Å². The summed E-state index contributed by atoms with van der Waals surface area (Å²) in [5.41, 5.74) is 4.12. The Labute approximate surface area is 324 Å². The number of amides is 4. The van der Waals surface area contributed by atoms with E-state index in [-0.39, 0.29) is 67.5 Å². The van der Waals surface area contributed by atoms with E-state index in [2.05, 4.69) is 27.5 Å². The molecule has 4 amide bonds.